The Kier molecular flexibility index (Phi) is 7.26. The molecule has 11 heteroatoms. The van der Waals surface area contributed by atoms with Crippen LogP contribution in [-0.4, -0.2) is 67.7 Å². The molecule has 2 aliphatic heterocycles. The number of amides is 1. The molecule has 2 saturated heterocycles. The maximum atomic E-state index is 13.3. The van der Waals surface area contributed by atoms with E-state index in [4.69, 9.17) is 14.9 Å². The molecule has 3 aromatic rings. The summed E-state index contributed by atoms with van der Waals surface area (Å²) in [6, 6.07) is 10.3. The highest BCUT2D eigenvalue weighted by molar-refractivity contribution is 7.89. The summed E-state index contributed by atoms with van der Waals surface area (Å²) in [5.74, 6) is 0.676. The fourth-order valence-corrected chi connectivity index (χ4v) is 5.89. The lowest BCUT2D eigenvalue weighted by Gasteiger charge is -2.36. The number of aryl methyl sites for hydroxylation is 3. The fraction of sp³-hybridized carbons (Fsp3) is 0.444. The van der Waals surface area contributed by atoms with E-state index in [-0.39, 0.29) is 29.0 Å². The Balaban J connectivity index is 1.31. The third kappa shape index (κ3) is 5.45. The van der Waals surface area contributed by atoms with Crippen LogP contribution in [0.25, 0.3) is 10.9 Å². The van der Waals surface area contributed by atoms with Gasteiger partial charge in [0.05, 0.1) is 28.4 Å². The van der Waals surface area contributed by atoms with Crippen molar-refractivity contribution in [3.8, 4) is 0 Å². The number of ether oxygens (including phenoxy) is 1. The molecule has 1 unspecified atom stereocenters. The SMILES string of the molecule is Cc1cc(S(N)(=O)=O)ccc1CCn1c(C)nc2cc(N3CCN(CC4CCCO4)C(=O)C3)ccc2c1=O. The quantitative estimate of drug-likeness (QED) is 0.484. The van der Waals surface area contributed by atoms with Crippen LogP contribution >= 0.6 is 0 Å². The number of piperazine rings is 1. The van der Waals surface area contributed by atoms with E-state index in [1.807, 2.05) is 28.9 Å². The first-order chi connectivity index (χ1) is 18.1. The summed E-state index contributed by atoms with van der Waals surface area (Å²) in [7, 11) is -3.76. The molecule has 5 rings (SSSR count). The fourth-order valence-electron chi connectivity index (χ4n) is 5.29. The molecule has 38 heavy (non-hydrogen) atoms. The van der Waals surface area contributed by atoms with Crippen LogP contribution in [0.2, 0.25) is 0 Å². The molecule has 2 aromatic carbocycles. The minimum Gasteiger partial charge on any atom is -0.376 e. The van der Waals surface area contributed by atoms with E-state index >= 15 is 0 Å². The molecule has 1 amide bonds. The van der Waals surface area contributed by atoms with Crippen molar-refractivity contribution in [3.05, 3.63) is 63.7 Å². The van der Waals surface area contributed by atoms with Crippen LogP contribution in [0.5, 0.6) is 0 Å². The highest BCUT2D eigenvalue weighted by Gasteiger charge is 2.28. The van der Waals surface area contributed by atoms with Gasteiger partial charge in [0.25, 0.3) is 5.56 Å². The van der Waals surface area contributed by atoms with Crippen molar-refractivity contribution in [2.75, 3.05) is 37.7 Å². The van der Waals surface area contributed by atoms with Gasteiger partial charge in [-0.05, 0) is 74.6 Å². The normalized spacial score (nSPS) is 18.5. The van der Waals surface area contributed by atoms with Crippen molar-refractivity contribution in [3.63, 3.8) is 0 Å². The molecule has 10 nitrogen and oxygen atoms in total. The van der Waals surface area contributed by atoms with Crippen molar-refractivity contribution >= 4 is 32.5 Å². The number of anilines is 1. The zero-order chi connectivity index (χ0) is 27.0. The summed E-state index contributed by atoms with van der Waals surface area (Å²) >= 11 is 0. The van der Waals surface area contributed by atoms with Crippen LogP contribution in [0.15, 0.2) is 46.1 Å². The number of carbonyl (C=O) groups excluding carboxylic acids is 1. The van der Waals surface area contributed by atoms with E-state index in [9.17, 15) is 18.0 Å². The van der Waals surface area contributed by atoms with E-state index in [0.717, 1.165) is 36.3 Å². The maximum Gasteiger partial charge on any atom is 0.261 e. The maximum absolute atomic E-state index is 13.3. The first-order valence-electron chi connectivity index (χ1n) is 12.9. The second kappa shape index (κ2) is 10.5. The molecule has 2 aliphatic rings. The van der Waals surface area contributed by atoms with Gasteiger partial charge in [0.15, 0.2) is 0 Å². The van der Waals surface area contributed by atoms with Gasteiger partial charge in [0.1, 0.15) is 5.82 Å². The summed E-state index contributed by atoms with van der Waals surface area (Å²) < 4.78 is 30.5. The summed E-state index contributed by atoms with van der Waals surface area (Å²) in [5.41, 5.74) is 3.07. The number of fused-ring (bicyclic) bond motifs is 1. The highest BCUT2D eigenvalue weighted by atomic mass is 32.2. The van der Waals surface area contributed by atoms with E-state index in [0.29, 0.717) is 49.3 Å². The molecular formula is C27H33N5O5S. The molecule has 0 radical (unpaired) electrons. The summed E-state index contributed by atoms with van der Waals surface area (Å²) in [5, 5.41) is 5.74. The van der Waals surface area contributed by atoms with Gasteiger partial charge in [-0.2, -0.15) is 0 Å². The Labute approximate surface area is 222 Å². The van der Waals surface area contributed by atoms with Gasteiger partial charge in [-0.3, -0.25) is 14.2 Å². The van der Waals surface area contributed by atoms with Gasteiger partial charge >= 0.3 is 0 Å². The van der Waals surface area contributed by atoms with Crippen molar-refractivity contribution in [2.45, 2.75) is 50.7 Å². The minimum atomic E-state index is -3.76. The number of rotatable bonds is 7. The van der Waals surface area contributed by atoms with Crippen molar-refractivity contribution in [1.29, 1.82) is 0 Å². The van der Waals surface area contributed by atoms with Crippen molar-refractivity contribution < 1.29 is 17.9 Å². The molecule has 1 atom stereocenters. The average molecular weight is 540 g/mol. The van der Waals surface area contributed by atoms with Gasteiger partial charge in [-0.1, -0.05) is 6.07 Å². The molecule has 0 aliphatic carbocycles. The summed E-state index contributed by atoms with van der Waals surface area (Å²) in [6.07, 6.45) is 2.75. The highest BCUT2D eigenvalue weighted by Crippen LogP contribution is 2.23. The van der Waals surface area contributed by atoms with Crippen LogP contribution < -0.4 is 15.6 Å². The Morgan fingerprint density at radius 2 is 1.92 bits per heavy atom. The number of primary sulfonamides is 1. The number of nitrogens with two attached hydrogens (primary N) is 1. The van der Waals surface area contributed by atoms with E-state index < -0.39 is 10.0 Å². The summed E-state index contributed by atoms with van der Waals surface area (Å²) in [4.78, 5) is 34.8. The molecular weight excluding hydrogens is 506 g/mol. The molecule has 0 bridgehead atoms. The third-order valence-corrected chi connectivity index (χ3v) is 8.42. The zero-order valence-electron chi connectivity index (χ0n) is 21.7. The molecule has 1 aromatic heterocycles. The molecule has 0 saturated carbocycles. The van der Waals surface area contributed by atoms with Gasteiger partial charge < -0.3 is 14.5 Å². The Bertz CT molecular complexity index is 1550. The lowest BCUT2D eigenvalue weighted by molar-refractivity contribution is -0.132. The molecule has 2 N–H and O–H groups in total. The Morgan fingerprint density at radius 3 is 2.61 bits per heavy atom. The standard InChI is InChI=1S/C27H33N5O5S/c1-18-14-23(38(28,35)36)7-5-20(18)9-10-32-19(2)29-25-15-21(6-8-24(25)27(32)34)30-11-12-31(26(33)17-30)16-22-4-3-13-37-22/h5-8,14-15,22H,3-4,9-13,16-17H2,1-2H3,(H2,28,35,36). The molecule has 3 heterocycles. The van der Waals surface area contributed by atoms with Crippen LogP contribution in [0.1, 0.15) is 29.8 Å². The van der Waals surface area contributed by atoms with Gasteiger partial charge in [0, 0.05) is 38.5 Å². The van der Waals surface area contributed by atoms with Crippen molar-refractivity contribution in [2.24, 2.45) is 5.14 Å². The van der Waals surface area contributed by atoms with Gasteiger partial charge in [-0.15, -0.1) is 0 Å². The molecule has 2 fully saturated rings. The Hall–Kier alpha value is -3.28. The second-order valence-electron chi connectivity index (χ2n) is 10.1. The predicted molar refractivity (Wildman–Crippen MR) is 145 cm³/mol. The smallest absolute Gasteiger partial charge is 0.261 e. The van der Waals surface area contributed by atoms with Gasteiger partial charge in [-0.25, -0.2) is 18.5 Å². The largest absolute Gasteiger partial charge is 0.376 e. The molecule has 202 valence electrons. The second-order valence-corrected chi connectivity index (χ2v) is 11.7. The first kappa shape index (κ1) is 26.3. The number of sulfonamides is 1. The third-order valence-electron chi connectivity index (χ3n) is 7.51. The van der Waals surface area contributed by atoms with Crippen LogP contribution in [-0.2, 0) is 32.5 Å². The van der Waals surface area contributed by atoms with Crippen molar-refractivity contribution in [1.82, 2.24) is 14.5 Å². The monoisotopic (exact) mass is 539 g/mol. The first-order valence-corrected chi connectivity index (χ1v) is 14.4. The van der Waals surface area contributed by atoms with E-state index in [1.165, 1.54) is 6.07 Å². The Morgan fingerprint density at radius 1 is 1.11 bits per heavy atom. The number of hydrogen-bond donors (Lipinski definition) is 1. The van der Waals surface area contributed by atoms with Crippen LogP contribution in [0, 0.1) is 13.8 Å². The van der Waals surface area contributed by atoms with E-state index in [2.05, 4.69) is 0 Å². The number of benzene rings is 2. The average Bonchev–Trinajstić information content (AvgIpc) is 3.38. The number of aromatic nitrogens is 2. The number of carbonyl (C=O) groups is 1. The number of hydrogen-bond acceptors (Lipinski definition) is 7. The zero-order valence-corrected chi connectivity index (χ0v) is 22.5. The van der Waals surface area contributed by atoms with E-state index in [1.54, 1.807) is 29.7 Å². The lowest BCUT2D eigenvalue weighted by Crippen LogP contribution is -2.52. The van der Waals surface area contributed by atoms with Crippen LogP contribution in [0.4, 0.5) is 5.69 Å². The number of nitrogens with zero attached hydrogens (tertiary/aromatic N) is 4. The summed E-state index contributed by atoms with van der Waals surface area (Å²) in [6.45, 7) is 7.11. The van der Waals surface area contributed by atoms with Gasteiger partial charge in [0.2, 0.25) is 15.9 Å². The minimum absolute atomic E-state index is 0.0706. The topological polar surface area (TPSA) is 128 Å². The predicted octanol–water partition coefficient (Wildman–Crippen LogP) is 1.73. The molecule has 0 spiro atoms. The lowest BCUT2D eigenvalue weighted by atomic mass is 10.1. The van der Waals surface area contributed by atoms with Crippen LogP contribution in [0.3, 0.4) is 0 Å².